The molecule has 5 nitrogen and oxygen atoms in total. The molecule has 2 aromatic carbocycles. The molecule has 0 amide bonds. The Morgan fingerprint density at radius 3 is 1.91 bits per heavy atom. The minimum Gasteiger partial charge on any atom is -0.480 e. The van der Waals surface area contributed by atoms with Crippen molar-refractivity contribution in [2.24, 2.45) is 11.8 Å². The molecule has 0 saturated heterocycles. The number of nitrogens with one attached hydrogen (secondary N) is 1. The number of carboxylic acid groups (broad SMARTS) is 1. The molecule has 0 bridgehead atoms. The number of hydrogen-bond donors (Lipinski definition) is 2. The summed E-state index contributed by atoms with van der Waals surface area (Å²) in [4.78, 5) is 12.0. The zero-order chi connectivity index (χ0) is 24.4. The molecule has 3 rings (SSSR count). The van der Waals surface area contributed by atoms with Crippen molar-refractivity contribution in [3.05, 3.63) is 60.7 Å². The summed E-state index contributed by atoms with van der Waals surface area (Å²) in [6.07, 6.45) is 0.753. The number of hydrogen-bond acceptors (Lipinski definition) is 3. The molecule has 7 heteroatoms. The van der Waals surface area contributed by atoms with Crippen LogP contribution in [0.1, 0.15) is 48.0 Å². The maximum absolute atomic E-state index is 12.5. The van der Waals surface area contributed by atoms with Crippen LogP contribution < -0.4 is 15.1 Å². The maximum atomic E-state index is 12.5. The molecule has 2 aromatic rings. The number of carbonyl (C=O) groups is 1. The van der Waals surface area contributed by atoms with Crippen molar-refractivity contribution < 1.29 is 18.5 Å². The SMILES string of the molecule is CC(C)(C)S(=O)N[C@H](C(=O)O)[C@H]1C[C@@H]1CO[Si](c1ccccc1)(c1ccccc1)C(C)(C)C. The zero-order valence-corrected chi connectivity index (χ0v) is 22.3. The Morgan fingerprint density at radius 2 is 1.52 bits per heavy atom. The molecule has 2 N–H and O–H groups in total. The first-order valence-corrected chi connectivity index (χ1v) is 14.6. The highest BCUT2D eigenvalue weighted by molar-refractivity contribution is 7.84. The number of rotatable bonds is 9. The number of aliphatic carboxylic acids is 1. The van der Waals surface area contributed by atoms with E-state index in [0.717, 1.165) is 6.42 Å². The largest absolute Gasteiger partial charge is 0.480 e. The average molecular weight is 488 g/mol. The molecule has 4 atom stereocenters. The molecule has 1 unspecified atom stereocenters. The van der Waals surface area contributed by atoms with E-state index in [4.69, 9.17) is 4.43 Å². The van der Waals surface area contributed by atoms with Gasteiger partial charge in [0, 0.05) is 6.61 Å². The Kier molecular flexibility index (Phi) is 7.68. The molecule has 0 spiro atoms. The monoisotopic (exact) mass is 487 g/mol. The van der Waals surface area contributed by atoms with Gasteiger partial charge in [-0.05, 0) is 54.4 Å². The average Bonchev–Trinajstić information content (AvgIpc) is 3.51. The Hall–Kier alpha value is -1.80. The van der Waals surface area contributed by atoms with Crippen LogP contribution in [0, 0.1) is 11.8 Å². The van der Waals surface area contributed by atoms with Crippen LogP contribution in [0.2, 0.25) is 5.04 Å². The fourth-order valence-corrected chi connectivity index (χ4v) is 9.96. The Labute approximate surface area is 201 Å². The molecule has 1 fully saturated rings. The Bertz CT molecular complexity index is 930. The fourth-order valence-electron chi connectivity index (χ4n) is 4.48. The number of benzene rings is 2. The highest BCUT2D eigenvalue weighted by Crippen LogP contribution is 2.44. The van der Waals surface area contributed by atoms with E-state index in [1.54, 1.807) is 0 Å². The first-order valence-electron chi connectivity index (χ1n) is 11.5. The van der Waals surface area contributed by atoms with E-state index in [2.05, 4.69) is 74.0 Å². The lowest BCUT2D eigenvalue weighted by atomic mass is 10.2. The third-order valence-corrected chi connectivity index (χ3v) is 13.0. The van der Waals surface area contributed by atoms with Crippen molar-refractivity contribution in [1.29, 1.82) is 0 Å². The zero-order valence-electron chi connectivity index (χ0n) is 20.5. The van der Waals surface area contributed by atoms with E-state index in [1.807, 2.05) is 32.9 Å². The summed E-state index contributed by atoms with van der Waals surface area (Å²) in [7, 11) is -4.09. The summed E-state index contributed by atoms with van der Waals surface area (Å²) >= 11 is 0. The Morgan fingerprint density at radius 1 is 1.03 bits per heavy atom. The van der Waals surface area contributed by atoms with E-state index in [9.17, 15) is 14.1 Å². The predicted octanol–water partition coefficient (Wildman–Crippen LogP) is 3.70. The van der Waals surface area contributed by atoms with Crippen molar-refractivity contribution in [3.63, 3.8) is 0 Å². The van der Waals surface area contributed by atoms with Gasteiger partial charge in [0.05, 0.1) is 15.7 Å². The molecule has 0 aromatic heterocycles. The van der Waals surface area contributed by atoms with Gasteiger partial charge in [-0.3, -0.25) is 4.79 Å². The van der Waals surface area contributed by atoms with Crippen molar-refractivity contribution in [2.45, 2.75) is 63.8 Å². The minimum absolute atomic E-state index is 0.0907. The lowest BCUT2D eigenvalue weighted by molar-refractivity contribution is -0.139. The van der Waals surface area contributed by atoms with Gasteiger partial charge in [0.25, 0.3) is 8.32 Å². The second kappa shape index (κ2) is 9.82. The third kappa shape index (κ3) is 5.65. The van der Waals surface area contributed by atoms with Crippen molar-refractivity contribution in [3.8, 4) is 0 Å². The highest BCUT2D eigenvalue weighted by atomic mass is 32.2. The van der Waals surface area contributed by atoms with Gasteiger partial charge in [0.2, 0.25) is 0 Å². The van der Waals surface area contributed by atoms with Crippen molar-refractivity contribution in [2.75, 3.05) is 6.61 Å². The molecule has 1 aliphatic rings. The first-order chi connectivity index (χ1) is 15.4. The second-order valence-electron chi connectivity index (χ2n) is 10.9. The first kappa shape index (κ1) is 25.8. The summed E-state index contributed by atoms with van der Waals surface area (Å²) in [6, 6.07) is 20.1. The van der Waals surface area contributed by atoms with Crippen LogP contribution in [0.3, 0.4) is 0 Å². The molecule has 33 heavy (non-hydrogen) atoms. The van der Waals surface area contributed by atoms with Crippen LogP contribution in [0.4, 0.5) is 0 Å². The summed E-state index contributed by atoms with van der Waals surface area (Å²) < 4.78 is 21.9. The maximum Gasteiger partial charge on any atom is 0.321 e. The van der Waals surface area contributed by atoms with Crippen LogP contribution in [-0.4, -0.2) is 41.0 Å². The number of carboxylic acids is 1. The van der Waals surface area contributed by atoms with Gasteiger partial charge in [0.1, 0.15) is 6.04 Å². The fraction of sp³-hybridized carbons (Fsp3) is 0.500. The summed E-state index contributed by atoms with van der Waals surface area (Å²) in [5, 5.41) is 12.1. The summed E-state index contributed by atoms with van der Waals surface area (Å²) in [5.41, 5.74) is 0. The van der Waals surface area contributed by atoms with Gasteiger partial charge < -0.3 is 9.53 Å². The van der Waals surface area contributed by atoms with E-state index >= 15 is 0 Å². The topological polar surface area (TPSA) is 75.6 Å². The van der Waals surface area contributed by atoms with Gasteiger partial charge in [-0.15, -0.1) is 0 Å². The summed E-state index contributed by atoms with van der Waals surface area (Å²) in [5.74, 6) is -0.921. The van der Waals surface area contributed by atoms with E-state index < -0.39 is 36.1 Å². The van der Waals surface area contributed by atoms with Gasteiger partial charge in [-0.1, -0.05) is 81.4 Å². The van der Waals surface area contributed by atoms with Crippen LogP contribution >= 0.6 is 0 Å². The van der Waals surface area contributed by atoms with Crippen LogP contribution in [0.15, 0.2) is 60.7 Å². The molecular weight excluding hydrogens is 450 g/mol. The van der Waals surface area contributed by atoms with E-state index in [0.29, 0.717) is 6.61 Å². The Balaban J connectivity index is 1.86. The highest BCUT2D eigenvalue weighted by Gasteiger charge is 2.53. The van der Waals surface area contributed by atoms with Crippen molar-refractivity contribution >= 4 is 35.6 Å². The molecule has 0 radical (unpaired) electrons. The van der Waals surface area contributed by atoms with Crippen molar-refractivity contribution in [1.82, 2.24) is 4.72 Å². The molecule has 1 saturated carbocycles. The van der Waals surface area contributed by atoms with Gasteiger partial charge in [0.15, 0.2) is 0 Å². The minimum atomic E-state index is -2.65. The third-order valence-electron chi connectivity index (χ3n) is 6.39. The standard InChI is InChI=1S/C26H37NO4SSi/c1-25(2,3)32(30)27-23(24(28)29)22-17-19(22)18-31-33(26(4,5)6,20-13-9-7-10-14-20)21-15-11-8-12-16-21/h7-16,19,22-23,27H,17-18H2,1-6H3,(H,28,29)/t19-,22+,23+,32?/m1/s1. The normalized spacial score (nSPS) is 20.8. The lowest BCUT2D eigenvalue weighted by Crippen LogP contribution is -2.66. The molecule has 0 heterocycles. The lowest BCUT2D eigenvalue weighted by Gasteiger charge is -2.43. The molecule has 1 aliphatic carbocycles. The van der Waals surface area contributed by atoms with Gasteiger partial charge >= 0.3 is 5.97 Å². The van der Waals surface area contributed by atoms with Crippen LogP contribution in [-0.2, 0) is 20.2 Å². The van der Waals surface area contributed by atoms with E-state index in [1.165, 1.54) is 10.4 Å². The van der Waals surface area contributed by atoms with E-state index in [-0.39, 0.29) is 16.9 Å². The second-order valence-corrected chi connectivity index (χ2v) is 17.3. The molecule has 0 aliphatic heterocycles. The van der Waals surface area contributed by atoms with Gasteiger partial charge in [-0.25, -0.2) is 8.93 Å². The smallest absolute Gasteiger partial charge is 0.321 e. The predicted molar refractivity (Wildman–Crippen MR) is 138 cm³/mol. The van der Waals surface area contributed by atoms with Gasteiger partial charge in [-0.2, -0.15) is 0 Å². The molecule has 180 valence electrons. The molecular formula is C26H37NO4SSi. The quantitative estimate of drug-likeness (QED) is 0.529. The van der Waals surface area contributed by atoms with Crippen LogP contribution in [0.25, 0.3) is 0 Å². The van der Waals surface area contributed by atoms with Crippen LogP contribution in [0.5, 0.6) is 0 Å². The summed E-state index contributed by atoms with van der Waals surface area (Å²) in [6.45, 7) is 12.7.